The van der Waals surface area contributed by atoms with Crippen molar-refractivity contribution in [1.29, 1.82) is 0 Å². The largest absolute Gasteiger partial charge is 0.350 e. The average Bonchev–Trinajstić information content (AvgIpc) is 2.87. The Labute approximate surface area is 253 Å². The minimum atomic E-state index is -4.26. The van der Waals surface area contributed by atoms with Crippen LogP contribution in [0.2, 0.25) is 10.0 Å². The van der Waals surface area contributed by atoms with Crippen LogP contribution >= 0.6 is 23.2 Å². The number of sulfonamides is 1. The van der Waals surface area contributed by atoms with Crippen LogP contribution in [0, 0.1) is 13.8 Å². The third-order valence-electron chi connectivity index (χ3n) is 6.38. The molecule has 0 bridgehead atoms. The van der Waals surface area contributed by atoms with E-state index in [2.05, 4.69) is 5.32 Å². The highest BCUT2D eigenvalue weighted by Gasteiger charge is 2.35. The fourth-order valence-corrected chi connectivity index (χ4v) is 6.27. The second-order valence-electron chi connectivity index (χ2n) is 11.1. The van der Waals surface area contributed by atoms with E-state index in [0.29, 0.717) is 6.42 Å². The lowest BCUT2D eigenvalue weighted by atomic mass is 10.0. The van der Waals surface area contributed by atoms with Crippen molar-refractivity contribution in [3.63, 3.8) is 0 Å². The van der Waals surface area contributed by atoms with Gasteiger partial charge in [-0.3, -0.25) is 13.9 Å². The quantitative estimate of drug-likeness (QED) is 0.280. The summed E-state index contributed by atoms with van der Waals surface area (Å²) >= 11 is 12.7. The maximum atomic E-state index is 14.2. The molecule has 10 heteroatoms. The van der Waals surface area contributed by atoms with E-state index in [9.17, 15) is 18.0 Å². The van der Waals surface area contributed by atoms with Crippen molar-refractivity contribution in [1.82, 2.24) is 10.2 Å². The zero-order chi connectivity index (χ0) is 30.5. The zero-order valence-electron chi connectivity index (χ0n) is 24.2. The summed E-state index contributed by atoms with van der Waals surface area (Å²) in [6.45, 7) is 10.7. The van der Waals surface area contributed by atoms with Gasteiger partial charge < -0.3 is 10.2 Å². The summed E-state index contributed by atoms with van der Waals surface area (Å²) in [6.07, 6.45) is 0.322. The fraction of sp³-hybridized carbons (Fsp3) is 0.355. The Bertz CT molecular complexity index is 1500. The molecule has 0 aromatic heterocycles. The van der Waals surface area contributed by atoms with E-state index in [1.807, 2.05) is 65.8 Å². The first kappa shape index (κ1) is 32.4. The van der Waals surface area contributed by atoms with Crippen molar-refractivity contribution < 1.29 is 18.0 Å². The van der Waals surface area contributed by atoms with Gasteiger partial charge in [-0.25, -0.2) is 8.42 Å². The van der Waals surface area contributed by atoms with Gasteiger partial charge in [-0.1, -0.05) is 77.7 Å². The van der Waals surface area contributed by atoms with Crippen molar-refractivity contribution in [3.8, 4) is 0 Å². The molecule has 0 spiro atoms. The molecule has 220 valence electrons. The molecule has 1 atom stereocenters. The fourth-order valence-electron chi connectivity index (χ4n) is 4.41. The SMILES string of the molecule is CC[C@@H](C(=O)NC(C)(C)C)N(Cc1cccc(C)c1)C(=O)CN(c1cc(Cl)ccc1Cl)S(=O)(=O)c1ccc(C)cc1. The molecule has 3 rings (SSSR count). The maximum Gasteiger partial charge on any atom is 0.264 e. The molecule has 3 aromatic rings. The molecular weight excluding hydrogens is 581 g/mol. The number of anilines is 1. The molecule has 0 heterocycles. The normalized spacial score (nSPS) is 12.5. The molecule has 3 aromatic carbocycles. The third-order valence-corrected chi connectivity index (χ3v) is 8.71. The lowest BCUT2D eigenvalue weighted by Crippen LogP contribution is -2.55. The van der Waals surface area contributed by atoms with Gasteiger partial charge in [0.25, 0.3) is 10.0 Å². The van der Waals surface area contributed by atoms with Crippen LogP contribution in [0.3, 0.4) is 0 Å². The number of nitrogens with one attached hydrogen (secondary N) is 1. The minimum absolute atomic E-state index is 0.00491. The Kier molecular flexibility index (Phi) is 10.5. The molecule has 0 fully saturated rings. The second kappa shape index (κ2) is 13.3. The van der Waals surface area contributed by atoms with E-state index in [1.54, 1.807) is 18.2 Å². The van der Waals surface area contributed by atoms with Crippen LogP contribution in [0.4, 0.5) is 5.69 Å². The molecular formula is C31H37Cl2N3O4S. The second-order valence-corrected chi connectivity index (χ2v) is 13.8. The van der Waals surface area contributed by atoms with Gasteiger partial charge in [-0.15, -0.1) is 0 Å². The number of carbonyl (C=O) groups excluding carboxylic acids is 2. The summed E-state index contributed by atoms with van der Waals surface area (Å²) in [6, 6.07) is 17.5. The Hall–Kier alpha value is -3.07. The monoisotopic (exact) mass is 617 g/mol. The van der Waals surface area contributed by atoms with Crippen LogP contribution in [0.25, 0.3) is 0 Å². The molecule has 0 radical (unpaired) electrons. The van der Waals surface area contributed by atoms with Crippen LogP contribution in [-0.2, 0) is 26.2 Å². The highest BCUT2D eigenvalue weighted by atomic mass is 35.5. The van der Waals surface area contributed by atoms with E-state index in [0.717, 1.165) is 21.0 Å². The predicted octanol–water partition coefficient (Wildman–Crippen LogP) is 6.53. The van der Waals surface area contributed by atoms with E-state index in [-0.39, 0.29) is 33.1 Å². The standard InChI is InChI=1S/C31H37Cl2N3O4S/c1-7-27(30(38)34-31(4,5)6)35(19-23-10-8-9-22(3)17-23)29(37)20-36(28-18-24(32)13-16-26(28)33)41(39,40)25-14-11-21(2)12-15-25/h8-18,27H,7,19-20H2,1-6H3,(H,34,38)/t27-/m0/s1. The van der Waals surface area contributed by atoms with Crippen LogP contribution in [0.5, 0.6) is 0 Å². The van der Waals surface area contributed by atoms with Crippen molar-refractivity contribution in [2.75, 3.05) is 10.8 Å². The molecule has 41 heavy (non-hydrogen) atoms. The van der Waals surface area contributed by atoms with E-state index < -0.39 is 34.1 Å². The average molecular weight is 619 g/mol. The first-order valence-corrected chi connectivity index (χ1v) is 15.5. The van der Waals surface area contributed by atoms with Crippen LogP contribution < -0.4 is 9.62 Å². The number of hydrogen-bond acceptors (Lipinski definition) is 4. The van der Waals surface area contributed by atoms with Gasteiger partial charge in [0.1, 0.15) is 12.6 Å². The van der Waals surface area contributed by atoms with Crippen molar-refractivity contribution in [3.05, 3.63) is 93.5 Å². The number of carbonyl (C=O) groups is 2. The highest BCUT2D eigenvalue weighted by Crippen LogP contribution is 2.33. The number of aryl methyl sites for hydroxylation is 2. The topological polar surface area (TPSA) is 86.8 Å². The summed E-state index contributed by atoms with van der Waals surface area (Å²) in [4.78, 5) is 29.0. The van der Waals surface area contributed by atoms with Gasteiger partial charge in [-0.05, 0) is 76.9 Å². The van der Waals surface area contributed by atoms with Gasteiger partial charge >= 0.3 is 0 Å². The summed E-state index contributed by atoms with van der Waals surface area (Å²) < 4.78 is 29.0. The molecule has 1 N–H and O–H groups in total. The number of nitrogens with zero attached hydrogens (tertiary/aromatic N) is 2. The van der Waals surface area contributed by atoms with Crippen LogP contribution in [-0.4, -0.2) is 43.3 Å². The van der Waals surface area contributed by atoms with Gasteiger partial charge in [0, 0.05) is 17.1 Å². The molecule has 0 saturated carbocycles. The molecule has 2 amide bonds. The lowest BCUT2D eigenvalue weighted by molar-refractivity contribution is -0.141. The molecule has 0 saturated heterocycles. The van der Waals surface area contributed by atoms with E-state index >= 15 is 0 Å². The molecule has 0 aliphatic carbocycles. The summed E-state index contributed by atoms with van der Waals surface area (Å²) in [7, 11) is -4.26. The van der Waals surface area contributed by atoms with Crippen molar-refractivity contribution in [2.45, 2.75) is 71.0 Å². The van der Waals surface area contributed by atoms with Gasteiger partial charge in [-0.2, -0.15) is 0 Å². The number of halogens is 2. The first-order chi connectivity index (χ1) is 19.1. The Morgan fingerprint density at radius 3 is 2.17 bits per heavy atom. The van der Waals surface area contributed by atoms with Gasteiger partial charge in [0.2, 0.25) is 11.8 Å². The minimum Gasteiger partial charge on any atom is -0.350 e. The van der Waals surface area contributed by atoms with Crippen molar-refractivity contribution in [2.24, 2.45) is 0 Å². The van der Waals surface area contributed by atoms with Crippen molar-refractivity contribution >= 4 is 50.7 Å². The molecule has 7 nitrogen and oxygen atoms in total. The number of benzene rings is 3. The van der Waals surface area contributed by atoms with Gasteiger partial charge in [0.15, 0.2) is 0 Å². The smallest absolute Gasteiger partial charge is 0.264 e. The predicted molar refractivity (Wildman–Crippen MR) is 166 cm³/mol. The Balaban J connectivity index is 2.12. The zero-order valence-corrected chi connectivity index (χ0v) is 26.6. The van der Waals surface area contributed by atoms with Gasteiger partial charge in [0.05, 0.1) is 15.6 Å². The number of rotatable bonds is 10. The Morgan fingerprint density at radius 2 is 1.59 bits per heavy atom. The molecule has 0 aliphatic rings. The molecule has 0 unspecified atom stereocenters. The maximum absolute atomic E-state index is 14.2. The first-order valence-electron chi connectivity index (χ1n) is 13.3. The Morgan fingerprint density at radius 1 is 0.927 bits per heavy atom. The summed E-state index contributed by atoms with van der Waals surface area (Å²) in [5.41, 5.74) is 2.23. The van der Waals surface area contributed by atoms with E-state index in [1.165, 1.54) is 29.2 Å². The number of hydrogen-bond donors (Lipinski definition) is 1. The lowest BCUT2D eigenvalue weighted by Gasteiger charge is -2.35. The number of amides is 2. The van der Waals surface area contributed by atoms with E-state index in [4.69, 9.17) is 23.2 Å². The highest BCUT2D eigenvalue weighted by molar-refractivity contribution is 7.92. The van der Waals surface area contributed by atoms with Crippen LogP contribution in [0.1, 0.15) is 50.8 Å². The third kappa shape index (κ3) is 8.47. The summed E-state index contributed by atoms with van der Waals surface area (Å²) in [5, 5.41) is 3.33. The summed E-state index contributed by atoms with van der Waals surface area (Å²) in [5.74, 6) is -0.885. The molecule has 0 aliphatic heterocycles. The van der Waals surface area contributed by atoms with Crippen LogP contribution in [0.15, 0.2) is 71.6 Å².